The second-order valence-corrected chi connectivity index (χ2v) is 10.7. The van der Waals surface area contributed by atoms with Crippen molar-refractivity contribution in [1.29, 1.82) is 5.26 Å². The largest absolute Gasteiger partial charge is 0.334 e. The molecule has 0 saturated heterocycles. The normalized spacial score (nSPS) is 22.2. The molecule has 0 heterocycles. The van der Waals surface area contributed by atoms with E-state index >= 15 is 0 Å². The summed E-state index contributed by atoms with van der Waals surface area (Å²) >= 11 is 31.1. The van der Waals surface area contributed by atoms with Crippen LogP contribution in [0.1, 0.15) is 41.1 Å². The molecule has 2 aliphatic rings. The van der Waals surface area contributed by atoms with Gasteiger partial charge in [0.1, 0.15) is 9.87 Å². The lowest BCUT2D eigenvalue weighted by Crippen LogP contribution is -2.52. The number of nitrogens with one attached hydrogen (secondary N) is 2. The van der Waals surface area contributed by atoms with Gasteiger partial charge >= 0.3 is 0 Å². The number of halogens is 5. The van der Waals surface area contributed by atoms with Crippen LogP contribution in [0.3, 0.4) is 0 Å². The van der Waals surface area contributed by atoms with Gasteiger partial charge in [0.25, 0.3) is 5.91 Å². The van der Waals surface area contributed by atoms with E-state index in [4.69, 9.17) is 58.0 Å². The topological polar surface area (TPSA) is 82.0 Å². The van der Waals surface area contributed by atoms with Gasteiger partial charge in [-0.25, -0.2) is 0 Å². The van der Waals surface area contributed by atoms with Crippen LogP contribution >= 0.6 is 58.0 Å². The van der Waals surface area contributed by atoms with Gasteiger partial charge in [-0.3, -0.25) is 9.59 Å². The summed E-state index contributed by atoms with van der Waals surface area (Å²) in [7, 11) is 0. The Morgan fingerprint density at radius 1 is 1.03 bits per heavy atom. The van der Waals surface area contributed by atoms with Crippen molar-refractivity contribution < 1.29 is 9.59 Å². The van der Waals surface area contributed by atoms with E-state index < -0.39 is 33.5 Å². The summed E-state index contributed by atoms with van der Waals surface area (Å²) in [4.78, 5) is 25.6. The van der Waals surface area contributed by atoms with Crippen LogP contribution in [0.4, 0.5) is 5.69 Å². The van der Waals surface area contributed by atoms with E-state index in [2.05, 4.69) is 16.7 Å². The average molecular weight is 532 g/mol. The van der Waals surface area contributed by atoms with Crippen molar-refractivity contribution in [2.45, 2.75) is 35.1 Å². The molecule has 0 unspecified atom stereocenters. The molecule has 10 heteroatoms. The zero-order chi connectivity index (χ0) is 23.3. The van der Waals surface area contributed by atoms with Gasteiger partial charge in [-0.15, -0.1) is 23.2 Å². The molecule has 2 N–H and O–H groups in total. The summed E-state index contributed by atoms with van der Waals surface area (Å²) in [5, 5.41) is 15.9. The zero-order valence-corrected chi connectivity index (χ0v) is 20.2. The summed E-state index contributed by atoms with van der Waals surface area (Å²) in [6, 6.07) is 11.6. The summed E-state index contributed by atoms with van der Waals surface area (Å²) in [6.07, 6.45) is 2.05. The first-order valence-electron chi connectivity index (χ1n) is 9.74. The minimum Gasteiger partial charge on any atom is -0.334 e. The van der Waals surface area contributed by atoms with Gasteiger partial charge in [0.05, 0.1) is 22.6 Å². The number of carbonyl (C=O) groups is 2. The standard InChI is InChI=1S/C22H16Cl5N3O2/c23-12-6-11(7-13(24)8-12)17-18(22(17,26)27)20(32)29-14-2-3-16(25)15(9-14)19(31)30-21(10-28)4-1-5-21/h2-3,6-9,17-18H,1,4-5H2,(H,29,32)(H,30,31)/t17-,18+/m0/s1. The smallest absolute Gasteiger partial charge is 0.254 e. The number of hydrogen-bond donors (Lipinski definition) is 2. The number of carbonyl (C=O) groups excluding carboxylic acids is 2. The van der Waals surface area contributed by atoms with Crippen LogP contribution in [-0.4, -0.2) is 21.7 Å². The zero-order valence-electron chi connectivity index (χ0n) is 16.4. The van der Waals surface area contributed by atoms with Crippen LogP contribution in [-0.2, 0) is 4.79 Å². The van der Waals surface area contributed by atoms with Crippen molar-refractivity contribution in [3.8, 4) is 6.07 Å². The average Bonchev–Trinajstić information content (AvgIpc) is 3.27. The van der Waals surface area contributed by atoms with Gasteiger partial charge in [0, 0.05) is 21.7 Å². The Labute approximate surface area is 209 Å². The molecule has 5 nitrogen and oxygen atoms in total. The molecular formula is C22H16Cl5N3O2. The predicted octanol–water partition coefficient (Wildman–Crippen LogP) is 6.35. The fourth-order valence-corrected chi connectivity index (χ4v) is 5.47. The maximum atomic E-state index is 12.9. The van der Waals surface area contributed by atoms with E-state index in [1.807, 2.05) is 0 Å². The first-order chi connectivity index (χ1) is 15.1. The van der Waals surface area contributed by atoms with Crippen molar-refractivity contribution in [2.24, 2.45) is 5.92 Å². The van der Waals surface area contributed by atoms with E-state index in [-0.39, 0.29) is 10.6 Å². The number of nitriles is 1. The van der Waals surface area contributed by atoms with Crippen LogP contribution in [0, 0.1) is 17.2 Å². The Bertz CT molecular complexity index is 1140. The van der Waals surface area contributed by atoms with Gasteiger partial charge in [0.15, 0.2) is 0 Å². The first-order valence-corrected chi connectivity index (χ1v) is 11.6. The van der Waals surface area contributed by atoms with E-state index in [1.54, 1.807) is 24.3 Å². The Morgan fingerprint density at radius 3 is 2.25 bits per heavy atom. The predicted molar refractivity (Wildman–Crippen MR) is 127 cm³/mol. The summed E-state index contributed by atoms with van der Waals surface area (Å²) in [6.45, 7) is 0. The third-order valence-electron chi connectivity index (χ3n) is 5.83. The minimum absolute atomic E-state index is 0.156. The van der Waals surface area contributed by atoms with E-state index in [0.29, 0.717) is 34.1 Å². The highest BCUT2D eigenvalue weighted by molar-refractivity contribution is 6.53. The van der Waals surface area contributed by atoms with Crippen molar-refractivity contribution in [3.63, 3.8) is 0 Å². The number of nitrogens with zero attached hydrogens (tertiary/aromatic N) is 1. The van der Waals surface area contributed by atoms with Crippen molar-refractivity contribution in [3.05, 3.63) is 62.6 Å². The number of anilines is 1. The maximum absolute atomic E-state index is 12.9. The summed E-state index contributed by atoms with van der Waals surface area (Å²) in [5.41, 5.74) is 0.299. The van der Waals surface area contributed by atoms with E-state index in [0.717, 1.165) is 6.42 Å². The van der Waals surface area contributed by atoms with Gasteiger partial charge in [-0.1, -0.05) is 34.8 Å². The molecule has 0 bridgehead atoms. The second kappa shape index (κ2) is 8.59. The fourth-order valence-electron chi connectivity index (χ4n) is 3.90. The molecule has 0 radical (unpaired) electrons. The number of amides is 2. The van der Waals surface area contributed by atoms with Crippen LogP contribution in [0.15, 0.2) is 36.4 Å². The second-order valence-electron chi connectivity index (χ2n) is 8.02. The third kappa shape index (κ3) is 4.40. The molecule has 2 atom stereocenters. The van der Waals surface area contributed by atoms with Crippen molar-refractivity contribution in [1.82, 2.24) is 5.32 Å². The first kappa shape index (κ1) is 23.5. The minimum atomic E-state index is -1.33. The lowest BCUT2D eigenvalue weighted by atomic mass is 9.78. The van der Waals surface area contributed by atoms with Crippen LogP contribution < -0.4 is 10.6 Å². The molecule has 2 fully saturated rings. The quantitative estimate of drug-likeness (QED) is 0.441. The fraction of sp³-hybridized carbons (Fsp3) is 0.318. The van der Waals surface area contributed by atoms with Crippen molar-refractivity contribution >= 4 is 75.5 Å². The lowest BCUT2D eigenvalue weighted by Gasteiger charge is -2.35. The molecule has 0 aromatic heterocycles. The van der Waals surface area contributed by atoms with Crippen molar-refractivity contribution in [2.75, 3.05) is 5.32 Å². The van der Waals surface area contributed by atoms with Gasteiger partial charge in [-0.05, 0) is 61.2 Å². The molecule has 2 amide bonds. The van der Waals surface area contributed by atoms with Crippen LogP contribution in [0.25, 0.3) is 0 Å². The molecular weight excluding hydrogens is 516 g/mol. The summed E-state index contributed by atoms with van der Waals surface area (Å²) in [5.74, 6) is -2.14. The Hall–Kier alpha value is -1.68. The number of alkyl halides is 2. The lowest BCUT2D eigenvalue weighted by molar-refractivity contribution is -0.117. The third-order valence-corrected chi connectivity index (χ3v) is 7.54. The van der Waals surface area contributed by atoms with Gasteiger partial charge in [-0.2, -0.15) is 5.26 Å². The number of benzene rings is 2. The highest BCUT2D eigenvalue weighted by atomic mass is 35.5. The monoisotopic (exact) mass is 529 g/mol. The molecule has 32 heavy (non-hydrogen) atoms. The Balaban J connectivity index is 1.51. The number of rotatable bonds is 5. The SMILES string of the molecule is N#CC1(NC(=O)c2cc(NC(=O)[C@H]3[C@H](c4cc(Cl)cc(Cl)c4)C3(Cl)Cl)ccc2Cl)CCC1. The van der Waals surface area contributed by atoms with E-state index in [9.17, 15) is 14.9 Å². The highest BCUT2D eigenvalue weighted by Gasteiger charge is 2.67. The molecule has 2 aliphatic carbocycles. The van der Waals surface area contributed by atoms with Gasteiger partial charge < -0.3 is 10.6 Å². The molecule has 0 spiro atoms. The van der Waals surface area contributed by atoms with Crippen LogP contribution in [0.5, 0.6) is 0 Å². The molecule has 0 aliphatic heterocycles. The Kier molecular flexibility index (Phi) is 6.30. The van der Waals surface area contributed by atoms with Gasteiger partial charge in [0.2, 0.25) is 5.91 Å². The maximum Gasteiger partial charge on any atom is 0.254 e. The van der Waals surface area contributed by atoms with Crippen LogP contribution in [0.2, 0.25) is 15.1 Å². The molecule has 2 saturated carbocycles. The molecule has 2 aromatic carbocycles. The van der Waals surface area contributed by atoms with E-state index in [1.165, 1.54) is 12.1 Å². The molecule has 4 rings (SSSR count). The molecule has 2 aromatic rings. The highest BCUT2D eigenvalue weighted by Crippen LogP contribution is 2.65. The summed E-state index contributed by atoms with van der Waals surface area (Å²) < 4.78 is -1.33. The molecule has 166 valence electrons. The Morgan fingerprint density at radius 2 is 1.69 bits per heavy atom. The number of hydrogen-bond acceptors (Lipinski definition) is 3.